The lowest BCUT2D eigenvalue weighted by Gasteiger charge is -2.41. The lowest BCUT2D eigenvalue weighted by molar-refractivity contribution is -0.149. The van der Waals surface area contributed by atoms with Crippen molar-refractivity contribution in [3.05, 3.63) is 54.4 Å². The van der Waals surface area contributed by atoms with Gasteiger partial charge in [-0.25, -0.2) is 0 Å². The number of ether oxygens (including phenoxy) is 1. The van der Waals surface area contributed by atoms with Crippen LogP contribution in [0.4, 0.5) is 0 Å². The monoisotopic (exact) mass is 364 g/mol. The van der Waals surface area contributed by atoms with Crippen LogP contribution in [-0.4, -0.2) is 42.1 Å². The van der Waals surface area contributed by atoms with E-state index >= 15 is 0 Å². The highest BCUT2D eigenvalue weighted by atomic mass is 16.5. The molecule has 0 radical (unpaired) electrons. The summed E-state index contributed by atoms with van der Waals surface area (Å²) in [7, 11) is 0. The van der Waals surface area contributed by atoms with E-state index in [2.05, 4.69) is 40.2 Å². The molecule has 2 saturated heterocycles. The topological polar surface area (TPSA) is 42.4 Å². The summed E-state index contributed by atoms with van der Waals surface area (Å²) >= 11 is 0. The molecular formula is C23H28N2O2. The molecule has 2 aromatic rings. The number of piperidine rings is 1. The number of hydrogen-bond donors (Lipinski definition) is 0. The zero-order valence-electron chi connectivity index (χ0n) is 15.9. The first kappa shape index (κ1) is 18.2. The molecule has 1 aromatic heterocycles. The molecule has 1 aromatic carbocycles. The maximum Gasteiger partial charge on any atom is 0.229 e. The van der Waals surface area contributed by atoms with Crippen LogP contribution in [0.2, 0.25) is 0 Å². The fraction of sp³-hybridized carbons (Fsp3) is 0.478. The van der Waals surface area contributed by atoms with Crippen LogP contribution in [0, 0.1) is 5.41 Å². The Morgan fingerprint density at radius 3 is 2.56 bits per heavy atom. The normalized spacial score (nSPS) is 19.6. The number of benzene rings is 1. The molecule has 0 saturated carbocycles. The maximum absolute atomic E-state index is 13.6. The van der Waals surface area contributed by atoms with Crippen molar-refractivity contribution < 1.29 is 9.53 Å². The Balaban J connectivity index is 1.66. The van der Waals surface area contributed by atoms with Crippen LogP contribution in [-0.2, 0) is 16.0 Å². The Morgan fingerprint density at radius 2 is 1.81 bits per heavy atom. The smallest absolute Gasteiger partial charge is 0.229 e. The molecule has 0 aliphatic carbocycles. The third-order valence-corrected chi connectivity index (χ3v) is 6.07. The summed E-state index contributed by atoms with van der Waals surface area (Å²) in [6.45, 7) is 3.17. The third kappa shape index (κ3) is 3.91. The van der Waals surface area contributed by atoms with Gasteiger partial charge >= 0.3 is 0 Å². The molecule has 4 nitrogen and oxygen atoms in total. The molecule has 4 rings (SSSR count). The van der Waals surface area contributed by atoms with Gasteiger partial charge < -0.3 is 9.64 Å². The van der Waals surface area contributed by atoms with E-state index in [9.17, 15) is 4.79 Å². The van der Waals surface area contributed by atoms with Gasteiger partial charge in [0.15, 0.2) is 0 Å². The molecule has 0 unspecified atom stereocenters. The number of hydrogen-bond acceptors (Lipinski definition) is 3. The second-order valence-corrected chi connectivity index (χ2v) is 7.82. The van der Waals surface area contributed by atoms with E-state index in [0.29, 0.717) is 19.1 Å². The highest BCUT2D eigenvalue weighted by Gasteiger charge is 2.43. The predicted octanol–water partition coefficient (Wildman–Crippen LogP) is 4.10. The largest absolute Gasteiger partial charge is 0.381 e. The molecular weight excluding hydrogens is 336 g/mol. The van der Waals surface area contributed by atoms with Crippen LogP contribution in [0.15, 0.2) is 48.8 Å². The van der Waals surface area contributed by atoms with Crippen LogP contribution in [0.5, 0.6) is 0 Å². The first-order chi connectivity index (χ1) is 13.3. The van der Waals surface area contributed by atoms with Crippen molar-refractivity contribution in [2.24, 2.45) is 5.41 Å². The summed E-state index contributed by atoms with van der Waals surface area (Å²) in [5, 5.41) is 0. The van der Waals surface area contributed by atoms with Gasteiger partial charge in [0.25, 0.3) is 0 Å². The number of amides is 1. The molecule has 1 amide bonds. The standard InChI is InChI=1S/C23H28N2O2/c26-22(25-13-4-1-5-14-25)23(10-15-27-16-11-23)17-19-7-2-3-9-21(19)20-8-6-12-24-18-20/h2-3,6-9,12,18H,1,4-5,10-11,13-17H2. The average Bonchev–Trinajstić information content (AvgIpc) is 2.75. The summed E-state index contributed by atoms with van der Waals surface area (Å²) in [6.07, 6.45) is 9.59. The van der Waals surface area contributed by atoms with Gasteiger partial charge in [-0.15, -0.1) is 0 Å². The Hall–Kier alpha value is -2.20. The van der Waals surface area contributed by atoms with Gasteiger partial charge in [0.1, 0.15) is 0 Å². The summed E-state index contributed by atoms with van der Waals surface area (Å²) in [4.78, 5) is 20.0. The maximum atomic E-state index is 13.6. The van der Waals surface area contributed by atoms with Crippen LogP contribution >= 0.6 is 0 Å². The van der Waals surface area contributed by atoms with Crippen molar-refractivity contribution in [1.82, 2.24) is 9.88 Å². The second-order valence-electron chi connectivity index (χ2n) is 7.82. The molecule has 2 aliphatic heterocycles. The zero-order chi connectivity index (χ0) is 18.5. The number of rotatable bonds is 4. The average molecular weight is 364 g/mol. The van der Waals surface area contributed by atoms with Gasteiger partial charge in [-0.3, -0.25) is 9.78 Å². The number of carbonyl (C=O) groups is 1. The molecule has 142 valence electrons. The highest BCUT2D eigenvalue weighted by molar-refractivity contribution is 5.84. The van der Waals surface area contributed by atoms with Gasteiger partial charge in [-0.2, -0.15) is 0 Å². The van der Waals surface area contributed by atoms with Crippen LogP contribution in [0.3, 0.4) is 0 Å². The van der Waals surface area contributed by atoms with Gasteiger partial charge in [0, 0.05) is 44.3 Å². The molecule has 2 aliphatic rings. The van der Waals surface area contributed by atoms with Crippen molar-refractivity contribution >= 4 is 5.91 Å². The molecule has 0 atom stereocenters. The predicted molar refractivity (Wildman–Crippen MR) is 106 cm³/mol. The van der Waals surface area contributed by atoms with Crippen LogP contribution < -0.4 is 0 Å². The number of likely N-dealkylation sites (tertiary alicyclic amines) is 1. The minimum Gasteiger partial charge on any atom is -0.381 e. The molecule has 4 heteroatoms. The summed E-state index contributed by atoms with van der Waals surface area (Å²) in [6, 6.07) is 12.5. The lowest BCUT2D eigenvalue weighted by Crippen LogP contribution is -2.49. The van der Waals surface area contributed by atoms with E-state index < -0.39 is 0 Å². The Morgan fingerprint density at radius 1 is 1.04 bits per heavy atom. The van der Waals surface area contributed by atoms with E-state index in [4.69, 9.17) is 4.74 Å². The fourth-order valence-corrected chi connectivity index (χ4v) is 4.50. The Bertz CT molecular complexity index is 763. The van der Waals surface area contributed by atoms with Crippen molar-refractivity contribution in [3.8, 4) is 11.1 Å². The van der Waals surface area contributed by atoms with Gasteiger partial charge in [-0.05, 0) is 55.7 Å². The summed E-state index contributed by atoms with van der Waals surface area (Å²) in [5.74, 6) is 0.339. The van der Waals surface area contributed by atoms with Gasteiger partial charge in [0.2, 0.25) is 5.91 Å². The zero-order valence-corrected chi connectivity index (χ0v) is 15.9. The SMILES string of the molecule is O=C(N1CCCCC1)C1(Cc2ccccc2-c2cccnc2)CCOCC1. The van der Waals surface area contributed by atoms with Crippen molar-refractivity contribution in [1.29, 1.82) is 0 Å². The third-order valence-electron chi connectivity index (χ3n) is 6.07. The minimum atomic E-state index is -0.339. The van der Waals surface area contributed by atoms with E-state index in [1.54, 1.807) is 6.20 Å². The molecule has 0 N–H and O–H groups in total. The quantitative estimate of drug-likeness (QED) is 0.820. The molecule has 3 heterocycles. The first-order valence-electron chi connectivity index (χ1n) is 10.1. The molecule has 27 heavy (non-hydrogen) atoms. The van der Waals surface area contributed by atoms with Crippen LogP contribution in [0.1, 0.15) is 37.7 Å². The minimum absolute atomic E-state index is 0.339. The van der Waals surface area contributed by atoms with Crippen molar-refractivity contribution in [3.63, 3.8) is 0 Å². The molecule has 2 fully saturated rings. The van der Waals surface area contributed by atoms with E-state index in [1.807, 2.05) is 12.3 Å². The molecule has 0 spiro atoms. The number of pyridine rings is 1. The van der Waals surface area contributed by atoms with E-state index in [1.165, 1.54) is 17.5 Å². The van der Waals surface area contributed by atoms with E-state index in [-0.39, 0.29) is 5.41 Å². The number of carbonyl (C=O) groups excluding carboxylic acids is 1. The van der Waals surface area contributed by atoms with Gasteiger partial charge in [0.05, 0.1) is 5.41 Å². The fourth-order valence-electron chi connectivity index (χ4n) is 4.50. The number of nitrogens with zero attached hydrogens (tertiary/aromatic N) is 2. The highest BCUT2D eigenvalue weighted by Crippen LogP contribution is 2.39. The first-order valence-corrected chi connectivity index (χ1v) is 10.1. The van der Waals surface area contributed by atoms with Crippen molar-refractivity contribution in [2.75, 3.05) is 26.3 Å². The van der Waals surface area contributed by atoms with Gasteiger partial charge in [-0.1, -0.05) is 30.3 Å². The number of aromatic nitrogens is 1. The van der Waals surface area contributed by atoms with Crippen molar-refractivity contribution in [2.45, 2.75) is 38.5 Å². The Kier molecular flexibility index (Phi) is 5.53. The summed E-state index contributed by atoms with van der Waals surface area (Å²) < 4.78 is 5.63. The Labute approximate surface area is 161 Å². The summed E-state index contributed by atoms with van der Waals surface area (Å²) in [5.41, 5.74) is 3.19. The van der Waals surface area contributed by atoms with Crippen LogP contribution in [0.25, 0.3) is 11.1 Å². The lowest BCUT2D eigenvalue weighted by atomic mass is 9.72. The van der Waals surface area contributed by atoms with E-state index in [0.717, 1.165) is 50.8 Å². The molecule has 0 bridgehead atoms. The second kappa shape index (κ2) is 8.22.